The van der Waals surface area contributed by atoms with Crippen LogP contribution in [0.5, 0.6) is 0 Å². The van der Waals surface area contributed by atoms with Gasteiger partial charge in [0.15, 0.2) is 0 Å². The van der Waals surface area contributed by atoms with E-state index < -0.39 is 26.0 Å². The van der Waals surface area contributed by atoms with Crippen molar-refractivity contribution in [2.75, 3.05) is 0 Å². The topological polar surface area (TPSA) is 56.1 Å². The molecular formula is C16H11ClFNO3S. The Labute approximate surface area is 136 Å². The van der Waals surface area contributed by atoms with E-state index in [1.165, 1.54) is 47.2 Å². The molecule has 0 fully saturated rings. The van der Waals surface area contributed by atoms with Gasteiger partial charge in [0.1, 0.15) is 10.7 Å². The van der Waals surface area contributed by atoms with Gasteiger partial charge in [-0.2, -0.15) is 0 Å². The van der Waals surface area contributed by atoms with Crippen LogP contribution < -0.4 is 5.43 Å². The van der Waals surface area contributed by atoms with Crippen LogP contribution in [0.3, 0.4) is 0 Å². The third-order valence-electron chi connectivity index (χ3n) is 3.53. The molecule has 0 aliphatic heterocycles. The summed E-state index contributed by atoms with van der Waals surface area (Å²) in [6.45, 7) is 0. The second-order valence-corrected chi connectivity index (χ2v) is 7.41. The van der Waals surface area contributed by atoms with Crippen molar-refractivity contribution in [3.05, 3.63) is 69.7 Å². The summed E-state index contributed by atoms with van der Waals surface area (Å²) < 4.78 is 40.3. The second-order valence-electron chi connectivity index (χ2n) is 5.05. The van der Waals surface area contributed by atoms with E-state index in [1.54, 1.807) is 7.05 Å². The normalized spacial score (nSPS) is 11.8. The summed E-state index contributed by atoms with van der Waals surface area (Å²) in [6.07, 6.45) is 1.24. The SMILES string of the molecule is Cn1cc(S(=O)(=O)c2ccc(Cl)cc2)c(=O)c2cc(F)ccc21. The minimum absolute atomic E-state index is 0.0162. The van der Waals surface area contributed by atoms with E-state index in [0.29, 0.717) is 10.5 Å². The third-order valence-corrected chi connectivity index (χ3v) is 5.55. The molecular weight excluding hydrogens is 341 g/mol. The quantitative estimate of drug-likeness (QED) is 0.712. The molecule has 0 amide bonds. The van der Waals surface area contributed by atoms with Gasteiger partial charge in [-0.15, -0.1) is 0 Å². The molecule has 7 heteroatoms. The van der Waals surface area contributed by atoms with Crippen LogP contribution in [0.4, 0.5) is 4.39 Å². The molecule has 0 bridgehead atoms. The van der Waals surface area contributed by atoms with E-state index in [4.69, 9.17) is 11.6 Å². The highest BCUT2D eigenvalue weighted by atomic mass is 35.5. The van der Waals surface area contributed by atoms with Gasteiger partial charge in [0.25, 0.3) is 0 Å². The molecule has 0 aliphatic carbocycles. The summed E-state index contributed by atoms with van der Waals surface area (Å²) in [5.41, 5.74) is -0.279. The number of pyridine rings is 1. The molecule has 4 nitrogen and oxygen atoms in total. The van der Waals surface area contributed by atoms with Crippen LogP contribution in [-0.2, 0) is 16.9 Å². The molecule has 118 valence electrons. The molecule has 0 radical (unpaired) electrons. The molecule has 3 rings (SSSR count). The number of hydrogen-bond donors (Lipinski definition) is 0. The van der Waals surface area contributed by atoms with Crippen LogP contribution in [0.15, 0.2) is 63.2 Å². The molecule has 0 saturated carbocycles. The van der Waals surface area contributed by atoms with E-state index in [-0.39, 0.29) is 10.3 Å². The van der Waals surface area contributed by atoms with Crippen molar-refractivity contribution in [2.45, 2.75) is 9.79 Å². The summed E-state index contributed by atoms with van der Waals surface area (Å²) >= 11 is 5.76. The zero-order valence-corrected chi connectivity index (χ0v) is 13.5. The molecule has 1 heterocycles. The summed E-state index contributed by atoms with van der Waals surface area (Å²) in [5, 5.41) is 0.403. The van der Waals surface area contributed by atoms with Crippen molar-refractivity contribution in [3.8, 4) is 0 Å². The third kappa shape index (κ3) is 2.64. The van der Waals surface area contributed by atoms with Crippen molar-refractivity contribution >= 4 is 32.3 Å². The van der Waals surface area contributed by atoms with Crippen LogP contribution in [0.2, 0.25) is 5.02 Å². The summed E-state index contributed by atoms with van der Waals surface area (Å²) in [6, 6.07) is 9.21. The average molecular weight is 352 g/mol. The summed E-state index contributed by atoms with van der Waals surface area (Å²) in [4.78, 5) is 12.1. The Hall–Kier alpha value is -2.18. The first-order valence-electron chi connectivity index (χ1n) is 6.60. The molecule has 23 heavy (non-hydrogen) atoms. The van der Waals surface area contributed by atoms with E-state index in [2.05, 4.69) is 0 Å². The van der Waals surface area contributed by atoms with Crippen LogP contribution in [-0.4, -0.2) is 13.0 Å². The van der Waals surface area contributed by atoms with Crippen LogP contribution in [0.25, 0.3) is 10.9 Å². The van der Waals surface area contributed by atoms with Crippen molar-refractivity contribution in [2.24, 2.45) is 7.05 Å². The highest BCUT2D eigenvalue weighted by molar-refractivity contribution is 7.91. The highest BCUT2D eigenvalue weighted by Gasteiger charge is 2.23. The van der Waals surface area contributed by atoms with Gasteiger partial charge in [-0.3, -0.25) is 4.79 Å². The van der Waals surface area contributed by atoms with Gasteiger partial charge in [-0.25, -0.2) is 12.8 Å². The van der Waals surface area contributed by atoms with Crippen LogP contribution in [0, 0.1) is 5.82 Å². The maximum absolute atomic E-state index is 13.4. The largest absolute Gasteiger partial charge is 0.349 e. The number of rotatable bonds is 2. The van der Waals surface area contributed by atoms with Crippen molar-refractivity contribution in [1.82, 2.24) is 4.57 Å². The van der Waals surface area contributed by atoms with Crippen molar-refractivity contribution in [1.29, 1.82) is 0 Å². The van der Waals surface area contributed by atoms with Gasteiger partial charge in [0.2, 0.25) is 15.3 Å². The number of aryl methyl sites for hydroxylation is 1. The minimum atomic E-state index is -4.03. The lowest BCUT2D eigenvalue weighted by atomic mass is 10.2. The number of sulfone groups is 1. The fourth-order valence-electron chi connectivity index (χ4n) is 2.37. The molecule has 3 aromatic rings. The molecule has 0 aliphatic rings. The Bertz CT molecular complexity index is 1070. The maximum atomic E-state index is 13.4. The van der Waals surface area contributed by atoms with Crippen LogP contribution in [0.1, 0.15) is 0 Å². The van der Waals surface area contributed by atoms with Gasteiger partial charge in [-0.05, 0) is 42.5 Å². The number of benzene rings is 2. The fourth-order valence-corrected chi connectivity index (χ4v) is 3.89. The Morgan fingerprint density at radius 1 is 1.09 bits per heavy atom. The summed E-state index contributed by atoms with van der Waals surface area (Å²) in [5.74, 6) is -0.601. The van der Waals surface area contributed by atoms with E-state index >= 15 is 0 Å². The molecule has 0 N–H and O–H groups in total. The van der Waals surface area contributed by atoms with Crippen LogP contribution >= 0.6 is 11.6 Å². The monoisotopic (exact) mass is 351 g/mol. The second kappa shape index (κ2) is 5.47. The Balaban J connectivity index is 2.34. The Kier molecular flexibility index (Phi) is 3.74. The van der Waals surface area contributed by atoms with Crippen molar-refractivity contribution in [3.63, 3.8) is 0 Å². The standard InChI is InChI=1S/C16H11ClFNO3S/c1-19-9-15(16(20)13-8-11(18)4-7-14(13)19)23(21,22)12-5-2-10(17)3-6-12/h2-9H,1H3. The number of fused-ring (bicyclic) bond motifs is 1. The predicted octanol–water partition coefficient (Wildman–Crippen LogP) is 3.16. The molecule has 0 unspecified atom stereocenters. The molecule has 0 spiro atoms. The van der Waals surface area contributed by atoms with Gasteiger partial charge < -0.3 is 4.57 Å². The molecule has 0 saturated heterocycles. The summed E-state index contributed by atoms with van der Waals surface area (Å²) in [7, 11) is -2.43. The fraction of sp³-hybridized carbons (Fsp3) is 0.0625. The molecule has 0 atom stereocenters. The maximum Gasteiger partial charge on any atom is 0.211 e. The Morgan fingerprint density at radius 3 is 2.39 bits per heavy atom. The van der Waals surface area contributed by atoms with E-state index in [0.717, 1.165) is 6.07 Å². The first-order chi connectivity index (χ1) is 10.8. The Morgan fingerprint density at radius 2 is 1.74 bits per heavy atom. The van der Waals surface area contributed by atoms with Gasteiger partial charge in [0.05, 0.1) is 10.4 Å². The van der Waals surface area contributed by atoms with Crippen molar-refractivity contribution < 1.29 is 12.8 Å². The van der Waals surface area contributed by atoms with Gasteiger partial charge in [-0.1, -0.05) is 11.6 Å². The number of nitrogens with zero attached hydrogens (tertiary/aromatic N) is 1. The van der Waals surface area contributed by atoms with Gasteiger partial charge in [0, 0.05) is 23.7 Å². The van der Waals surface area contributed by atoms with Gasteiger partial charge >= 0.3 is 0 Å². The van der Waals surface area contributed by atoms with E-state index in [1.807, 2.05) is 0 Å². The average Bonchev–Trinajstić information content (AvgIpc) is 2.51. The molecule has 2 aromatic carbocycles. The zero-order chi connectivity index (χ0) is 16.8. The lowest BCUT2D eigenvalue weighted by Crippen LogP contribution is -2.18. The molecule has 1 aromatic heterocycles. The lowest BCUT2D eigenvalue weighted by Gasteiger charge is -2.10. The van der Waals surface area contributed by atoms with E-state index in [9.17, 15) is 17.6 Å². The lowest BCUT2D eigenvalue weighted by molar-refractivity contribution is 0.594. The smallest absolute Gasteiger partial charge is 0.211 e. The minimum Gasteiger partial charge on any atom is -0.349 e. The number of hydrogen-bond acceptors (Lipinski definition) is 3. The highest BCUT2D eigenvalue weighted by Crippen LogP contribution is 2.22. The predicted molar refractivity (Wildman–Crippen MR) is 86.1 cm³/mol. The first-order valence-corrected chi connectivity index (χ1v) is 8.46. The number of halogens is 2. The zero-order valence-electron chi connectivity index (χ0n) is 12.0. The number of aromatic nitrogens is 1. The first kappa shape index (κ1) is 15.7.